The van der Waals surface area contributed by atoms with Crippen molar-refractivity contribution in [2.45, 2.75) is 18.9 Å². The zero-order valence-corrected chi connectivity index (χ0v) is 15.4. The minimum Gasteiger partial charge on any atom is -0.360 e. The van der Waals surface area contributed by atoms with Gasteiger partial charge < -0.3 is 20.5 Å². The fourth-order valence-corrected chi connectivity index (χ4v) is 3.11. The minimum absolute atomic E-state index is 0. The Labute approximate surface area is 157 Å². The van der Waals surface area contributed by atoms with Crippen LogP contribution in [0.15, 0.2) is 35.3 Å². The molecule has 1 aliphatic rings. The molecule has 8 heteroatoms. The van der Waals surface area contributed by atoms with Crippen LogP contribution in [0, 0.1) is 0 Å². The number of carbonyl (C=O) groups is 2. The first kappa shape index (κ1) is 19.9. The van der Waals surface area contributed by atoms with Gasteiger partial charge in [-0.05, 0) is 38.1 Å². The summed E-state index contributed by atoms with van der Waals surface area (Å²) in [5.74, 6) is -0.698. The van der Waals surface area contributed by atoms with E-state index in [1.807, 2.05) is 6.07 Å². The Kier molecular flexibility index (Phi) is 6.76. The highest BCUT2D eigenvalue weighted by molar-refractivity contribution is 5.98. The third kappa shape index (κ3) is 4.23. The quantitative estimate of drug-likeness (QED) is 0.736. The Morgan fingerprint density at radius 3 is 2.65 bits per heavy atom. The van der Waals surface area contributed by atoms with Crippen LogP contribution < -0.4 is 16.1 Å². The minimum atomic E-state index is -0.543. The molecule has 1 aromatic heterocycles. The molecule has 1 fully saturated rings. The number of benzene rings is 1. The van der Waals surface area contributed by atoms with Gasteiger partial charge in [-0.15, -0.1) is 12.4 Å². The number of nitrogens with zero attached hydrogens (tertiary/aromatic N) is 1. The van der Waals surface area contributed by atoms with Crippen LogP contribution in [0.5, 0.6) is 0 Å². The smallest absolute Gasteiger partial charge is 0.257 e. The molecule has 2 heterocycles. The van der Waals surface area contributed by atoms with Gasteiger partial charge in [0.15, 0.2) is 0 Å². The molecule has 140 valence electrons. The van der Waals surface area contributed by atoms with Gasteiger partial charge in [-0.25, -0.2) is 0 Å². The predicted molar refractivity (Wildman–Crippen MR) is 103 cm³/mol. The predicted octanol–water partition coefficient (Wildman–Crippen LogP) is 0.890. The summed E-state index contributed by atoms with van der Waals surface area (Å²) in [6, 6.07) is 7.19. The molecule has 0 saturated carbocycles. The molecule has 26 heavy (non-hydrogen) atoms. The largest absolute Gasteiger partial charge is 0.360 e. The van der Waals surface area contributed by atoms with E-state index in [0.717, 1.165) is 25.9 Å². The number of H-pyrrole nitrogens is 1. The second-order valence-corrected chi connectivity index (χ2v) is 6.25. The number of aromatic nitrogens is 1. The van der Waals surface area contributed by atoms with E-state index in [9.17, 15) is 14.4 Å². The average molecular weight is 379 g/mol. The van der Waals surface area contributed by atoms with Crippen molar-refractivity contribution in [2.75, 3.05) is 26.7 Å². The van der Waals surface area contributed by atoms with Crippen LogP contribution in [0.1, 0.15) is 23.2 Å². The van der Waals surface area contributed by atoms with E-state index in [4.69, 9.17) is 0 Å². The summed E-state index contributed by atoms with van der Waals surface area (Å²) in [4.78, 5) is 41.6. The zero-order chi connectivity index (χ0) is 17.8. The molecule has 3 N–H and O–H groups in total. The third-order valence-corrected chi connectivity index (χ3v) is 4.68. The van der Waals surface area contributed by atoms with Crippen LogP contribution >= 0.6 is 12.4 Å². The van der Waals surface area contributed by atoms with Gasteiger partial charge in [-0.3, -0.25) is 14.4 Å². The van der Waals surface area contributed by atoms with Crippen LogP contribution in [0.2, 0.25) is 0 Å². The van der Waals surface area contributed by atoms with Gasteiger partial charge >= 0.3 is 0 Å². The highest BCUT2D eigenvalue weighted by Gasteiger charge is 2.22. The molecule has 0 unspecified atom stereocenters. The molecule has 0 atom stereocenters. The van der Waals surface area contributed by atoms with E-state index in [1.54, 1.807) is 30.1 Å². The first-order valence-electron chi connectivity index (χ1n) is 8.43. The van der Waals surface area contributed by atoms with E-state index in [-0.39, 0.29) is 41.9 Å². The molecule has 0 aliphatic carbocycles. The first-order valence-corrected chi connectivity index (χ1v) is 8.43. The summed E-state index contributed by atoms with van der Waals surface area (Å²) < 4.78 is 0. The molecule has 0 radical (unpaired) electrons. The lowest BCUT2D eigenvalue weighted by atomic mass is 10.1. The summed E-state index contributed by atoms with van der Waals surface area (Å²) >= 11 is 0. The van der Waals surface area contributed by atoms with E-state index < -0.39 is 5.91 Å². The maximum Gasteiger partial charge on any atom is 0.257 e. The van der Waals surface area contributed by atoms with Crippen molar-refractivity contribution in [2.24, 2.45) is 0 Å². The summed E-state index contributed by atoms with van der Waals surface area (Å²) in [5.41, 5.74) is 0.341. The molecule has 0 bridgehead atoms. The zero-order valence-electron chi connectivity index (χ0n) is 14.6. The van der Waals surface area contributed by atoms with Gasteiger partial charge in [0.1, 0.15) is 5.56 Å². The van der Waals surface area contributed by atoms with Crippen molar-refractivity contribution in [3.8, 4) is 0 Å². The van der Waals surface area contributed by atoms with Crippen LogP contribution in [0.4, 0.5) is 0 Å². The van der Waals surface area contributed by atoms with E-state index in [1.165, 1.54) is 6.20 Å². The van der Waals surface area contributed by atoms with Gasteiger partial charge in [0, 0.05) is 30.2 Å². The van der Waals surface area contributed by atoms with Crippen molar-refractivity contribution >= 4 is 35.1 Å². The summed E-state index contributed by atoms with van der Waals surface area (Å²) in [5, 5.41) is 6.27. The number of likely N-dealkylation sites (N-methyl/N-ethyl adjacent to an activating group) is 1. The molecular formula is C18H23ClN4O3. The van der Waals surface area contributed by atoms with Gasteiger partial charge in [-0.2, -0.15) is 0 Å². The molecule has 2 aromatic rings. The topological polar surface area (TPSA) is 94.3 Å². The fourth-order valence-electron chi connectivity index (χ4n) is 3.11. The standard InChI is InChI=1S/C18H22N4O3.ClH/c1-22(12-6-8-19-9-7-12)16(23)11-21-18(25)14-10-20-15-5-3-2-4-13(15)17(14)24;/h2-5,10,12,19H,6-9,11H2,1H3,(H,20,24)(H,21,25);1H. The molecule has 3 rings (SSSR count). The number of fused-ring (bicyclic) bond motifs is 1. The number of para-hydroxylation sites is 1. The van der Waals surface area contributed by atoms with Gasteiger partial charge in [0.25, 0.3) is 5.91 Å². The number of rotatable bonds is 4. The highest BCUT2D eigenvalue weighted by Crippen LogP contribution is 2.10. The fraction of sp³-hybridized carbons (Fsp3) is 0.389. The molecule has 7 nitrogen and oxygen atoms in total. The lowest BCUT2D eigenvalue weighted by Crippen LogP contribution is -2.47. The van der Waals surface area contributed by atoms with Gasteiger partial charge in [0.05, 0.1) is 6.54 Å². The maximum atomic E-state index is 12.4. The Morgan fingerprint density at radius 1 is 1.23 bits per heavy atom. The van der Waals surface area contributed by atoms with Crippen LogP contribution in [0.3, 0.4) is 0 Å². The Bertz CT molecular complexity index is 846. The van der Waals surface area contributed by atoms with E-state index in [2.05, 4.69) is 15.6 Å². The SMILES string of the molecule is CN(C(=O)CNC(=O)c1c[nH]c2ccccc2c1=O)C1CCNCC1.Cl. The molecular weight excluding hydrogens is 356 g/mol. The Morgan fingerprint density at radius 2 is 1.92 bits per heavy atom. The number of nitrogens with one attached hydrogen (secondary N) is 3. The van der Waals surface area contributed by atoms with E-state index in [0.29, 0.717) is 10.9 Å². The maximum absolute atomic E-state index is 12.4. The number of hydrogen-bond donors (Lipinski definition) is 3. The van der Waals surface area contributed by atoms with Crippen LogP contribution in [0.25, 0.3) is 10.9 Å². The Hall–Kier alpha value is -2.38. The van der Waals surface area contributed by atoms with Crippen molar-refractivity contribution < 1.29 is 9.59 Å². The lowest BCUT2D eigenvalue weighted by molar-refractivity contribution is -0.131. The third-order valence-electron chi connectivity index (χ3n) is 4.68. The van der Waals surface area contributed by atoms with Crippen molar-refractivity contribution in [1.29, 1.82) is 0 Å². The monoisotopic (exact) mass is 378 g/mol. The number of carbonyl (C=O) groups excluding carboxylic acids is 2. The second-order valence-electron chi connectivity index (χ2n) is 6.25. The molecule has 0 spiro atoms. The van der Waals surface area contributed by atoms with Gasteiger partial charge in [0.2, 0.25) is 11.3 Å². The second kappa shape index (κ2) is 8.82. The molecule has 1 aliphatic heterocycles. The summed E-state index contributed by atoms with van der Waals surface area (Å²) in [7, 11) is 1.76. The number of amides is 2. The number of piperidine rings is 1. The van der Waals surface area contributed by atoms with Crippen molar-refractivity contribution in [3.63, 3.8) is 0 Å². The molecule has 2 amide bonds. The summed E-state index contributed by atoms with van der Waals surface area (Å²) in [6.45, 7) is 1.66. The molecule has 1 saturated heterocycles. The van der Waals surface area contributed by atoms with Gasteiger partial charge in [-0.1, -0.05) is 12.1 Å². The number of hydrogen-bond acceptors (Lipinski definition) is 4. The average Bonchev–Trinajstić information content (AvgIpc) is 2.66. The Balaban J connectivity index is 0.00000243. The summed E-state index contributed by atoms with van der Waals surface area (Å²) in [6.07, 6.45) is 3.20. The number of aromatic amines is 1. The first-order chi connectivity index (χ1) is 12.1. The van der Waals surface area contributed by atoms with Crippen LogP contribution in [-0.4, -0.2) is 54.4 Å². The number of halogens is 1. The normalized spacial score (nSPS) is 14.5. The van der Waals surface area contributed by atoms with Crippen molar-refractivity contribution in [3.05, 3.63) is 46.2 Å². The number of pyridine rings is 1. The lowest BCUT2D eigenvalue weighted by Gasteiger charge is -2.31. The van der Waals surface area contributed by atoms with Crippen molar-refractivity contribution in [1.82, 2.24) is 20.5 Å². The highest BCUT2D eigenvalue weighted by atomic mass is 35.5. The molecule has 1 aromatic carbocycles. The van der Waals surface area contributed by atoms with E-state index >= 15 is 0 Å². The van der Waals surface area contributed by atoms with Crippen LogP contribution in [-0.2, 0) is 4.79 Å².